The van der Waals surface area contributed by atoms with Crippen molar-refractivity contribution in [3.8, 4) is 0 Å². The van der Waals surface area contributed by atoms with E-state index in [4.69, 9.17) is 5.11 Å². The van der Waals surface area contributed by atoms with Gasteiger partial charge in [-0.3, -0.25) is 9.69 Å². The molecule has 1 aliphatic carbocycles. The summed E-state index contributed by atoms with van der Waals surface area (Å²) in [5, 5.41) is 9.05. The Labute approximate surface area is 91.5 Å². The maximum absolute atomic E-state index is 11.0. The van der Waals surface area contributed by atoms with Gasteiger partial charge in [-0.2, -0.15) is 0 Å². The summed E-state index contributed by atoms with van der Waals surface area (Å²) in [6, 6.07) is -0.238. The van der Waals surface area contributed by atoms with Crippen LogP contribution in [0.25, 0.3) is 0 Å². The molecular formula is C12H21NO2. The van der Waals surface area contributed by atoms with Crippen molar-refractivity contribution < 1.29 is 9.90 Å². The summed E-state index contributed by atoms with van der Waals surface area (Å²) in [6.07, 6.45) is 7.43. The highest BCUT2D eigenvalue weighted by atomic mass is 16.4. The average Bonchev–Trinajstić information content (AvgIpc) is 2.17. The first-order valence-corrected chi connectivity index (χ1v) is 6.14. The van der Waals surface area contributed by atoms with Gasteiger partial charge in [-0.15, -0.1) is 0 Å². The molecule has 1 heterocycles. The highest BCUT2D eigenvalue weighted by Crippen LogP contribution is 2.44. The number of likely N-dealkylation sites (tertiary alicyclic amines) is 1. The number of rotatable bonds is 3. The molecule has 2 fully saturated rings. The zero-order valence-corrected chi connectivity index (χ0v) is 9.54. The number of carboxylic acid groups (broad SMARTS) is 1. The summed E-state index contributed by atoms with van der Waals surface area (Å²) in [6.45, 7) is 4.01. The first-order valence-electron chi connectivity index (χ1n) is 6.14. The Morgan fingerprint density at radius 1 is 1.33 bits per heavy atom. The highest BCUT2D eigenvalue weighted by Gasteiger charge is 2.46. The van der Waals surface area contributed by atoms with Crippen LogP contribution < -0.4 is 0 Å². The van der Waals surface area contributed by atoms with Gasteiger partial charge in [0, 0.05) is 13.1 Å². The van der Waals surface area contributed by atoms with Gasteiger partial charge in [-0.25, -0.2) is 0 Å². The van der Waals surface area contributed by atoms with E-state index in [0.717, 1.165) is 19.5 Å². The van der Waals surface area contributed by atoms with Crippen molar-refractivity contribution in [3.05, 3.63) is 0 Å². The predicted molar refractivity (Wildman–Crippen MR) is 58.8 cm³/mol. The number of hydrogen-bond acceptors (Lipinski definition) is 2. The predicted octanol–water partition coefficient (Wildman–Crippen LogP) is 2.12. The standard InChI is InChI=1S/C12H21NO2/c1-2-10(11(14)15)13-8-12(9-13)6-4-3-5-7-12/h10H,2-9H2,1H3,(H,14,15). The molecule has 86 valence electrons. The van der Waals surface area contributed by atoms with Crippen LogP contribution in [-0.2, 0) is 4.79 Å². The number of nitrogens with zero attached hydrogens (tertiary/aromatic N) is 1. The minimum absolute atomic E-state index is 0.238. The number of carbonyl (C=O) groups is 1. The lowest BCUT2D eigenvalue weighted by atomic mass is 9.68. The molecule has 1 spiro atoms. The van der Waals surface area contributed by atoms with Gasteiger partial charge >= 0.3 is 5.97 Å². The minimum atomic E-state index is -0.650. The molecule has 2 rings (SSSR count). The Morgan fingerprint density at radius 2 is 1.93 bits per heavy atom. The Bertz CT molecular complexity index is 238. The molecule has 1 N–H and O–H groups in total. The third-order valence-corrected chi connectivity index (χ3v) is 4.10. The van der Waals surface area contributed by atoms with Gasteiger partial charge in [-0.1, -0.05) is 26.2 Å². The minimum Gasteiger partial charge on any atom is -0.480 e. The second-order valence-corrected chi connectivity index (χ2v) is 5.23. The molecule has 3 nitrogen and oxygen atoms in total. The summed E-state index contributed by atoms with van der Waals surface area (Å²) in [4.78, 5) is 13.1. The first kappa shape index (κ1) is 10.9. The van der Waals surface area contributed by atoms with Crippen LogP contribution in [0.3, 0.4) is 0 Å². The van der Waals surface area contributed by atoms with Gasteiger partial charge in [-0.05, 0) is 24.7 Å². The Hall–Kier alpha value is -0.570. The van der Waals surface area contributed by atoms with Crippen LogP contribution in [0.15, 0.2) is 0 Å². The molecular weight excluding hydrogens is 190 g/mol. The lowest BCUT2D eigenvalue weighted by molar-refractivity contribution is -0.151. The van der Waals surface area contributed by atoms with Crippen molar-refractivity contribution in [1.29, 1.82) is 0 Å². The second-order valence-electron chi connectivity index (χ2n) is 5.23. The average molecular weight is 211 g/mol. The SMILES string of the molecule is CCC(C(=O)O)N1CC2(CCCCC2)C1. The van der Waals surface area contributed by atoms with E-state index in [1.54, 1.807) is 0 Å². The van der Waals surface area contributed by atoms with Crippen LogP contribution in [0.4, 0.5) is 0 Å². The molecule has 0 aromatic carbocycles. The molecule has 1 saturated carbocycles. The third-order valence-electron chi connectivity index (χ3n) is 4.10. The summed E-state index contributed by atoms with van der Waals surface area (Å²) in [7, 11) is 0. The largest absolute Gasteiger partial charge is 0.480 e. The summed E-state index contributed by atoms with van der Waals surface area (Å²) in [5.74, 6) is -0.650. The fourth-order valence-electron chi connectivity index (χ4n) is 3.24. The smallest absolute Gasteiger partial charge is 0.320 e. The van der Waals surface area contributed by atoms with Crippen molar-refractivity contribution in [1.82, 2.24) is 4.90 Å². The van der Waals surface area contributed by atoms with Crippen LogP contribution in [0, 0.1) is 5.41 Å². The van der Waals surface area contributed by atoms with Crippen molar-refractivity contribution in [3.63, 3.8) is 0 Å². The van der Waals surface area contributed by atoms with E-state index in [2.05, 4.69) is 4.90 Å². The van der Waals surface area contributed by atoms with Crippen LogP contribution in [-0.4, -0.2) is 35.1 Å². The van der Waals surface area contributed by atoms with Gasteiger partial charge in [0.25, 0.3) is 0 Å². The van der Waals surface area contributed by atoms with Crippen molar-refractivity contribution in [2.75, 3.05) is 13.1 Å². The normalized spacial score (nSPS) is 27.3. The van der Waals surface area contributed by atoms with Crippen molar-refractivity contribution in [2.24, 2.45) is 5.41 Å². The number of carboxylic acids is 1. The quantitative estimate of drug-likeness (QED) is 0.777. The van der Waals surface area contributed by atoms with Gasteiger partial charge in [0.1, 0.15) is 6.04 Å². The molecule has 1 aliphatic heterocycles. The zero-order valence-electron chi connectivity index (χ0n) is 9.54. The van der Waals surface area contributed by atoms with Crippen LogP contribution in [0.5, 0.6) is 0 Å². The summed E-state index contributed by atoms with van der Waals surface area (Å²) in [5.41, 5.74) is 0.501. The Kier molecular flexibility index (Phi) is 3.01. The van der Waals surface area contributed by atoms with Gasteiger partial charge in [0.15, 0.2) is 0 Å². The van der Waals surface area contributed by atoms with E-state index >= 15 is 0 Å². The van der Waals surface area contributed by atoms with Gasteiger partial charge in [0.2, 0.25) is 0 Å². The Morgan fingerprint density at radius 3 is 2.40 bits per heavy atom. The van der Waals surface area contributed by atoms with E-state index in [1.807, 2.05) is 6.92 Å². The van der Waals surface area contributed by atoms with Crippen LogP contribution in [0.1, 0.15) is 45.4 Å². The lowest BCUT2D eigenvalue weighted by Gasteiger charge is -2.54. The molecule has 1 atom stereocenters. The molecule has 0 radical (unpaired) electrons. The van der Waals surface area contributed by atoms with Gasteiger partial charge < -0.3 is 5.11 Å². The van der Waals surface area contributed by atoms with E-state index < -0.39 is 5.97 Å². The molecule has 0 amide bonds. The second kappa shape index (κ2) is 4.12. The van der Waals surface area contributed by atoms with E-state index in [-0.39, 0.29) is 6.04 Å². The molecule has 0 aromatic heterocycles. The fraction of sp³-hybridized carbons (Fsp3) is 0.917. The zero-order chi connectivity index (χ0) is 10.9. The summed E-state index contributed by atoms with van der Waals surface area (Å²) < 4.78 is 0. The molecule has 0 bridgehead atoms. The molecule has 1 saturated heterocycles. The summed E-state index contributed by atoms with van der Waals surface area (Å²) >= 11 is 0. The fourth-order valence-corrected chi connectivity index (χ4v) is 3.24. The lowest BCUT2D eigenvalue weighted by Crippen LogP contribution is -2.61. The first-order chi connectivity index (χ1) is 7.17. The number of hydrogen-bond donors (Lipinski definition) is 1. The van der Waals surface area contributed by atoms with Crippen LogP contribution >= 0.6 is 0 Å². The highest BCUT2D eigenvalue weighted by molar-refractivity contribution is 5.73. The molecule has 15 heavy (non-hydrogen) atoms. The monoisotopic (exact) mass is 211 g/mol. The maximum atomic E-state index is 11.0. The molecule has 0 aromatic rings. The van der Waals surface area contributed by atoms with E-state index in [9.17, 15) is 4.79 Å². The van der Waals surface area contributed by atoms with E-state index in [0.29, 0.717) is 5.41 Å². The molecule has 2 aliphatic rings. The topological polar surface area (TPSA) is 40.5 Å². The molecule has 3 heteroatoms. The maximum Gasteiger partial charge on any atom is 0.320 e. The Balaban J connectivity index is 1.88. The van der Waals surface area contributed by atoms with Crippen LogP contribution in [0.2, 0.25) is 0 Å². The van der Waals surface area contributed by atoms with Crippen molar-refractivity contribution >= 4 is 5.97 Å². The number of aliphatic carboxylic acids is 1. The van der Waals surface area contributed by atoms with Gasteiger partial charge in [0.05, 0.1) is 0 Å². The van der Waals surface area contributed by atoms with E-state index in [1.165, 1.54) is 32.1 Å². The molecule has 1 unspecified atom stereocenters. The third kappa shape index (κ3) is 2.03. The van der Waals surface area contributed by atoms with Crippen molar-refractivity contribution in [2.45, 2.75) is 51.5 Å².